The molecule has 0 aliphatic heterocycles. The van der Waals surface area contributed by atoms with Gasteiger partial charge in [0.25, 0.3) is 5.56 Å². The molecule has 0 bridgehead atoms. The maximum absolute atomic E-state index is 12.6. The predicted octanol–water partition coefficient (Wildman–Crippen LogP) is 3.95. The molecule has 1 amide bonds. The molecule has 0 aromatic carbocycles. The number of carbonyl (C=O) groups excluding carboxylic acids is 1. The zero-order chi connectivity index (χ0) is 18.7. The van der Waals surface area contributed by atoms with Crippen LogP contribution in [0.5, 0.6) is 0 Å². The molecule has 0 aliphatic rings. The standard InChI is InChI=1S/C17H18BrN3O2S3/c1-10-11(2)25-16-15(10)17(23)21(9-20-16)7-14(22)19-5-6-24-8-12-3-4-13(18)26-12/h3-4,9H,5-8H2,1-2H3,(H,19,22). The van der Waals surface area contributed by atoms with E-state index < -0.39 is 0 Å². The predicted molar refractivity (Wildman–Crippen MR) is 115 cm³/mol. The summed E-state index contributed by atoms with van der Waals surface area (Å²) in [6, 6.07) is 4.14. The van der Waals surface area contributed by atoms with Gasteiger partial charge in [0, 0.05) is 27.8 Å². The van der Waals surface area contributed by atoms with E-state index in [9.17, 15) is 9.59 Å². The number of fused-ring (bicyclic) bond motifs is 1. The summed E-state index contributed by atoms with van der Waals surface area (Å²) in [6.45, 7) is 4.48. The largest absolute Gasteiger partial charge is 0.354 e. The third kappa shape index (κ3) is 4.57. The number of thioether (sulfide) groups is 1. The van der Waals surface area contributed by atoms with Crippen molar-refractivity contribution in [2.24, 2.45) is 0 Å². The third-order valence-corrected chi connectivity index (χ3v) is 7.84. The summed E-state index contributed by atoms with van der Waals surface area (Å²) in [6.07, 6.45) is 1.46. The molecule has 0 aliphatic carbocycles. The Morgan fingerprint density at radius 3 is 2.88 bits per heavy atom. The van der Waals surface area contributed by atoms with Crippen LogP contribution in [0.15, 0.2) is 27.0 Å². The fourth-order valence-corrected chi connectivity index (χ4v) is 5.90. The van der Waals surface area contributed by atoms with Gasteiger partial charge >= 0.3 is 0 Å². The second-order valence-electron chi connectivity index (χ2n) is 5.75. The van der Waals surface area contributed by atoms with Crippen molar-refractivity contribution in [1.29, 1.82) is 0 Å². The van der Waals surface area contributed by atoms with Crippen molar-refractivity contribution < 1.29 is 4.79 Å². The molecule has 3 aromatic rings. The quantitative estimate of drug-likeness (QED) is 0.529. The highest BCUT2D eigenvalue weighted by Gasteiger charge is 2.13. The van der Waals surface area contributed by atoms with Gasteiger partial charge in [-0.25, -0.2) is 4.98 Å². The van der Waals surface area contributed by atoms with Gasteiger partial charge in [-0.05, 0) is 47.5 Å². The summed E-state index contributed by atoms with van der Waals surface area (Å²) in [4.78, 5) is 32.1. The van der Waals surface area contributed by atoms with E-state index in [1.54, 1.807) is 23.1 Å². The minimum absolute atomic E-state index is 0.00134. The van der Waals surface area contributed by atoms with Crippen molar-refractivity contribution >= 4 is 66.5 Å². The minimum atomic E-state index is -0.169. The molecule has 3 aromatic heterocycles. The summed E-state index contributed by atoms with van der Waals surface area (Å²) in [5, 5.41) is 3.49. The lowest BCUT2D eigenvalue weighted by molar-refractivity contribution is -0.121. The number of aromatic nitrogens is 2. The van der Waals surface area contributed by atoms with Gasteiger partial charge in [0.1, 0.15) is 11.4 Å². The Hall–Kier alpha value is -1.16. The zero-order valence-electron chi connectivity index (χ0n) is 14.4. The molecule has 3 heterocycles. The number of hydrogen-bond donors (Lipinski definition) is 1. The van der Waals surface area contributed by atoms with Crippen molar-refractivity contribution in [3.05, 3.63) is 47.9 Å². The Bertz CT molecular complexity index is 993. The first-order valence-electron chi connectivity index (χ1n) is 7.99. The van der Waals surface area contributed by atoms with E-state index in [1.165, 1.54) is 27.1 Å². The maximum atomic E-state index is 12.6. The van der Waals surface area contributed by atoms with E-state index in [1.807, 2.05) is 19.9 Å². The van der Waals surface area contributed by atoms with Gasteiger partial charge in [0.2, 0.25) is 5.91 Å². The van der Waals surface area contributed by atoms with E-state index in [0.29, 0.717) is 11.9 Å². The van der Waals surface area contributed by atoms with Gasteiger partial charge in [0.15, 0.2) is 0 Å². The molecule has 3 rings (SSSR count). The number of hydrogen-bond acceptors (Lipinski definition) is 6. The molecule has 138 valence electrons. The lowest BCUT2D eigenvalue weighted by Gasteiger charge is -2.07. The fourth-order valence-electron chi connectivity index (χ4n) is 2.46. The number of rotatable bonds is 7. The van der Waals surface area contributed by atoms with Crippen LogP contribution in [0, 0.1) is 13.8 Å². The average Bonchev–Trinajstić information content (AvgIpc) is 3.14. The van der Waals surface area contributed by atoms with Crippen LogP contribution < -0.4 is 10.9 Å². The molecule has 5 nitrogen and oxygen atoms in total. The topological polar surface area (TPSA) is 64.0 Å². The van der Waals surface area contributed by atoms with Gasteiger partial charge in [0.05, 0.1) is 15.5 Å². The SMILES string of the molecule is Cc1sc2ncn(CC(=O)NCCSCc3ccc(Br)s3)c(=O)c2c1C. The first-order chi connectivity index (χ1) is 12.5. The summed E-state index contributed by atoms with van der Waals surface area (Å²) >= 11 is 8.46. The van der Waals surface area contributed by atoms with E-state index in [4.69, 9.17) is 0 Å². The Labute approximate surface area is 172 Å². The van der Waals surface area contributed by atoms with Crippen LogP contribution in [0.3, 0.4) is 0 Å². The van der Waals surface area contributed by atoms with Gasteiger partial charge in [-0.2, -0.15) is 11.8 Å². The molecule has 26 heavy (non-hydrogen) atoms. The van der Waals surface area contributed by atoms with Crippen LogP contribution in [-0.4, -0.2) is 27.8 Å². The minimum Gasteiger partial charge on any atom is -0.354 e. The van der Waals surface area contributed by atoms with Crippen LogP contribution in [0.25, 0.3) is 10.2 Å². The zero-order valence-corrected chi connectivity index (χ0v) is 18.4. The number of amides is 1. The van der Waals surface area contributed by atoms with E-state index in [0.717, 1.165) is 30.6 Å². The van der Waals surface area contributed by atoms with Gasteiger partial charge < -0.3 is 5.32 Å². The molecular weight excluding hydrogens is 454 g/mol. The van der Waals surface area contributed by atoms with Crippen molar-refractivity contribution in [3.63, 3.8) is 0 Å². The monoisotopic (exact) mass is 471 g/mol. The molecule has 0 saturated heterocycles. The summed E-state index contributed by atoms with van der Waals surface area (Å²) in [5.74, 6) is 1.59. The Balaban J connectivity index is 1.50. The van der Waals surface area contributed by atoms with Crippen molar-refractivity contribution in [1.82, 2.24) is 14.9 Å². The van der Waals surface area contributed by atoms with Crippen LogP contribution in [0.2, 0.25) is 0 Å². The molecular formula is C17H18BrN3O2S3. The normalized spacial score (nSPS) is 11.2. The Kier molecular flexibility index (Phi) is 6.55. The Morgan fingerprint density at radius 2 is 2.15 bits per heavy atom. The molecule has 0 fully saturated rings. The van der Waals surface area contributed by atoms with E-state index in [2.05, 4.69) is 32.3 Å². The van der Waals surface area contributed by atoms with Crippen molar-refractivity contribution in [2.75, 3.05) is 12.3 Å². The van der Waals surface area contributed by atoms with Crippen LogP contribution in [0.4, 0.5) is 0 Å². The molecule has 1 N–H and O–H groups in total. The average molecular weight is 472 g/mol. The highest BCUT2D eigenvalue weighted by molar-refractivity contribution is 9.11. The second kappa shape index (κ2) is 8.69. The lowest BCUT2D eigenvalue weighted by Crippen LogP contribution is -2.33. The van der Waals surface area contributed by atoms with E-state index >= 15 is 0 Å². The fraction of sp³-hybridized carbons (Fsp3) is 0.353. The highest BCUT2D eigenvalue weighted by atomic mass is 79.9. The summed E-state index contributed by atoms with van der Waals surface area (Å²) in [7, 11) is 0. The van der Waals surface area contributed by atoms with Crippen molar-refractivity contribution in [2.45, 2.75) is 26.1 Å². The molecule has 0 spiro atoms. The number of nitrogens with zero attached hydrogens (tertiary/aromatic N) is 2. The van der Waals surface area contributed by atoms with Gasteiger partial charge in [-0.1, -0.05) is 0 Å². The Morgan fingerprint density at radius 1 is 1.35 bits per heavy atom. The van der Waals surface area contributed by atoms with E-state index in [-0.39, 0.29) is 18.0 Å². The summed E-state index contributed by atoms with van der Waals surface area (Å²) < 4.78 is 2.51. The molecule has 0 radical (unpaired) electrons. The van der Waals surface area contributed by atoms with Gasteiger partial charge in [-0.3, -0.25) is 14.2 Å². The molecule has 0 atom stereocenters. The van der Waals surface area contributed by atoms with Crippen molar-refractivity contribution in [3.8, 4) is 0 Å². The lowest BCUT2D eigenvalue weighted by atomic mass is 10.2. The highest BCUT2D eigenvalue weighted by Crippen LogP contribution is 2.26. The van der Waals surface area contributed by atoms with Crippen LogP contribution in [0.1, 0.15) is 15.3 Å². The first kappa shape index (κ1) is 19.6. The maximum Gasteiger partial charge on any atom is 0.262 e. The smallest absolute Gasteiger partial charge is 0.262 e. The van der Waals surface area contributed by atoms with Crippen LogP contribution >= 0.6 is 50.4 Å². The summed E-state index contributed by atoms with van der Waals surface area (Å²) in [5.41, 5.74) is 0.804. The second-order valence-corrected chi connectivity index (χ2v) is 10.6. The van der Waals surface area contributed by atoms with Gasteiger partial charge in [-0.15, -0.1) is 22.7 Å². The number of thiophene rings is 2. The van der Waals surface area contributed by atoms with Crippen LogP contribution in [-0.2, 0) is 17.1 Å². The molecule has 0 unspecified atom stereocenters. The number of halogens is 1. The molecule has 0 saturated carbocycles. The number of aryl methyl sites for hydroxylation is 2. The molecule has 9 heteroatoms. The number of nitrogens with one attached hydrogen (secondary N) is 1. The number of carbonyl (C=O) groups is 1. The third-order valence-electron chi connectivity index (χ3n) is 3.91. The first-order valence-corrected chi connectivity index (χ1v) is 11.6.